The van der Waals surface area contributed by atoms with Crippen LogP contribution in [0.1, 0.15) is 20.7 Å². The van der Waals surface area contributed by atoms with Crippen molar-refractivity contribution in [3.8, 4) is 11.5 Å². The van der Waals surface area contributed by atoms with E-state index in [2.05, 4.69) is 9.47 Å². The zero-order valence-electron chi connectivity index (χ0n) is 9.31. The van der Waals surface area contributed by atoms with Crippen LogP contribution in [0.3, 0.4) is 0 Å². The molecule has 0 N–H and O–H groups in total. The van der Waals surface area contributed by atoms with Crippen LogP contribution in [0.5, 0.6) is 11.5 Å². The first-order chi connectivity index (χ1) is 8.17. The number of fused-ring (bicyclic) bond motifs is 1. The van der Waals surface area contributed by atoms with Gasteiger partial charge in [-0.25, -0.2) is 9.59 Å². The number of benzene rings is 1. The fourth-order valence-electron chi connectivity index (χ4n) is 1.50. The summed E-state index contributed by atoms with van der Waals surface area (Å²) in [5.41, 5.74) is 0.173. The van der Waals surface area contributed by atoms with E-state index in [1.807, 2.05) is 0 Å². The van der Waals surface area contributed by atoms with E-state index in [9.17, 15) is 9.59 Å². The number of rotatable bonds is 2. The molecular weight excluding hydrogens is 228 g/mol. The molecule has 90 valence electrons. The van der Waals surface area contributed by atoms with E-state index in [4.69, 9.17) is 9.47 Å². The minimum absolute atomic E-state index is 0.0561. The number of ether oxygens (including phenoxy) is 4. The molecule has 0 aromatic heterocycles. The lowest BCUT2D eigenvalue weighted by Crippen LogP contribution is -2.11. The van der Waals surface area contributed by atoms with E-state index in [1.54, 1.807) is 0 Å². The zero-order valence-corrected chi connectivity index (χ0v) is 9.31. The standard InChI is InChI=1S/C11H10O6/c1-14-10(12)6-3-8-9(17-5-16-8)4-7(6)11(13)15-2/h3-4H,5H2,1-2H3. The summed E-state index contributed by atoms with van der Waals surface area (Å²) in [6.45, 7) is 0.0561. The van der Waals surface area contributed by atoms with Crippen LogP contribution in [0.2, 0.25) is 0 Å². The molecule has 0 fully saturated rings. The second kappa shape index (κ2) is 4.32. The largest absolute Gasteiger partial charge is 0.465 e. The molecule has 1 aromatic carbocycles. The molecule has 0 saturated carbocycles. The third kappa shape index (κ3) is 1.89. The lowest BCUT2D eigenvalue weighted by atomic mass is 10.1. The summed E-state index contributed by atoms with van der Waals surface area (Å²) in [6, 6.07) is 2.81. The van der Waals surface area contributed by atoms with Gasteiger partial charge in [0.25, 0.3) is 0 Å². The van der Waals surface area contributed by atoms with Crippen LogP contribution < -0.4 is 9.47 Å². The summed E-state index contributed by atoms with van der Waals surface area (Å²) in [7, 11) is 2.46. The zero-order chi connectivity index (χ0) is 12.4. The first-order valence-electron chi connectivity index (χ1n) is 4.77. The van der Waals surface area contributed by atoms with Gasteiger partial charge in [0.05, 0.1) is 25.3 Å². The van der Waals surface area contributed by atoms with Crippen LogP contribution in [0, 0.1) is 0 Å². The number of methoxy groups -OCH3 is 2. The fraction of sp³-hybridized carbons (Fsp3) is 0.273. The summed E-state index contributed by atoms with van der Waals surface area (Å²) in [6.07, 6.45) is 0. The Kier molecular flexibility index (Phi) is 2.86. The van der Waals surface area contributed by atoms with Crippen molar-refractivity contribution in [2.75, 3.05) is 21.0 Å². The molecule has 2 rings (SSSR count). The van der Waals surface area contributed by atoms with Crippen LogP contribution in [0.25, 0.3) is 0 Å². The molecule has 0 unspecified atom stereocenters. The minimum atomic E-state index is -0.635. The molecule has 17 heavy (non-hydrogen) atoms. The van der Waals surface area contributed by atoms with Gasteiger partial charge in [-0.1, -0.05) is 0 Å². The summed E-state index contributed by atoms with van der Waals surface area (Å²) in [5.74, 6) is -0.469. The second-order valence-corrected chi connectivity index (χ2v) is 3.23. The topological polar surface area (TPSA) is 71.1 Å². The van der Waals surface area contributed by atoms with Gasteiger partial charge >= 0.3 is 11.9 Å². The van der Waals surface area contributed by atoms with Gasteiger partial charge in [-0.05, 0) is 12.1 Å². The third-order valence-electron chi connectivity index (χ3n) is 2.32. The molecule has 0 atom stereocenters. The Labute approximate surface area is 97.0 Å². The Morgan fingerprint density at radius 3 is 1.76 bits per heavy atom. The van der Waals surface area contributed by atoms with Gasteiger partial charge < -0.3 is 18.9 Å². The van der Waals surface area contributed by atoms with Crippen molar-refractivity contribution in [1.29, 1.82) is 0 Å². The van der Waals surface area contributed by atoms with Crippen molar-refractivity contribution in [1.82, 2.24) is 0 Å². The maximum Gasteiger partial charge on any atom is 0.338 e. The highest BCUT2D eigenvalue weighted by Gasteiger charge is 2.25. The molecule has 0 amide bonds. The Morgan fingerprint density at radius 1 is 1.00 bits per heavy atom. The summed E-state index contributed by atoms with van der Waals surface area (Å²) >= 11 is 0. The predicted octanol–water partition coefficient (Wildman–Crippen LogP) is 0.988. The van der Waals surface area contributed by atoms with Crippen LogP contribution >= 0.6 is 0 Å². The van der Waals surface area contributed by atoms with Crippen molar-refractivity contribution >= 4 is 11.9 Å². The number of esters is 2. The lowest BCUT2D eigenvalue weighted by Gasteiger charge is -2.07. The average molecular weight is 238 g/mol. The number of hydrogen-bond acceptors (Lipinski definition) is 6. The minimum Gasteiger partial charge on any atom is -0.465 e. The van der Waals surface area contributed by atoms with Gasteiger partial charge in [-0.2, -0.15) is 0 Å². The van der Waals surface area contributed by atoms with Crippen molar-refractivity contribution in [2.45, 2.75) is 0 Å². The monoisotopic (exact) mass is 238 g/mol. The van der Waals surface area contributed by atoms with E-state index in [1.165, 1.54) is 26.4 Å². The maximum absolute atomic E-state index is 11.5. The first kappa shape index (κ1) is 11.3. The van der Waals surface area contributed by atoms with E-state index >= 15 is 0 Å². The van der Waals surface area contributed by atoms with E-state index in [-0.39, 0.29) is 17.9 Å². The molecule has 0 spiro atoms. The Hall–Kier alpha value is -2.24. The molecule has 1 aliphatic heterocycles. The van der Waals surface area contributed by atoms with Gasteiger partial charge in [0, 0.05) is 0 Å². The molecule has 1 aliphatic rings. The van der Waals surface area contributed by atoms with E-state index < -0.39 is 11.9 Å². The SMILES string of the molecule is COC(=O)c1cc2c(cc1C(=O)OC)OCO2. The van der Waals surface area contributed by atoms with Crippen molar-refractivity contribution in [2.24, 2.45) is 0 Å². The molecule has 1 heterocycles. The average Bonchev–Trinajstić information content (AvgIpc) is 2.82. The van der Waals surface area contributed by atoms with Crippen molar-refractivity contribution in [3.63, 3.8) is 0 Å². The van der Waals surface area contributed by atoms with Crippen LogP contribution in [0.4, 0.5) is 0 Å². The maximum atomic E-state index is 11.5. The van der Waals surface area contributed by atoms with Gasteiger partial charge in [-0.15, -0.1) is 0 Å². The van der Waals surface area contributed by atoms with Crippen LogP contribution in [-0.4, -0.2) is 33.0 Å². The van der Waals surface area contributed by atoms with Crippen LogP contribution in [0.15, 0.2) is 12.1 Å². The van der Waals surface area contributed by atoms with E-state index in [0.29, 0.717) is 11.5 Å². The fourth-order valence-corrected chi connectivity index (χ4v) is 1.50. The van der Waals surface area contributed by atoms with Gasteiger partial charge in [-0.3, -0.25) is 0 Å². The molecule has 0 aliphatic carbocycles. The number of carbonyl (C=O) groups is 2. The molecule has 0 saturated heterocycles. The molecule has 1 aromatic rings. The van der Waals surface area contributed by atoms with Crippen molar-refractivity contribution < 1.29 is 28.5 Å². The van der Waals surface area contributed by atoms with Gasteiger partial charge in [0.1, 0.15) is 0 Å². The predicted molar refractivity (Wildman–Crippen MR) is 55.2 cm³/mol. The number of carbonyl (C=O) groups excluding carboxylic acids is 2. The smallest absolute Gasteiger partial charge is 0.338 e. The molecular formula is C11H10O6. The Balaban J connectivity index is 2.54. The van der Waals surface area contributed by atoms with Crippen molar-refractivity contribution in [3.05, 3.63) is 23.3 Å². The summed E-state index contributed by atoms with van der Waals surface area (Å²) in [5, 5.41) is 0. The highest BCUT2D eigenvalue weighted by molar-refractivity contribution is 6.04. The first-order valence-corrected chi connectivity index (χ1v) is 4.77. The molecule has 6 heteroatoms. The molecule has 0 bridgehead atoms. The normalized spacial score (nSPS) is 12.1. The highest BCUT2D eigenvalue weighted by Crippen LogP contribution is 2.35. The molecule has 6 nitrogen and oxygen atoms in total. The Bertz CT molecular complexity index is 436. The summed E-state index contributed by atoms with van der Waals surface area (Å²) < 4.78 is 19.4. The van der Waals surface area contributed by atoms with Crippen LogP contribution in [-0.2, 0) is 9.47 Å². The second-order valence-electron chi connectivity index (χ2n) is 3.23. The lowest BCUT2D eigenvalue weighted by molar-refractivity contribution is 0.0555. The Morgan fingerprint density at radius 2 is 1.41 bits per heavy atom. The quantitative estimate of drug-likeness (QED) is 0.715. The summed E-state index contributed by atoms with van der Waals surface area (Å²) in [4.78, 5) is 23.1. The van der Waals surface area contributed by atoms with Gasteiger partial charge in [0.2, 0.25) is 6.79 Å². The molecule has 0 radical (unpaired) electrons. The van der Waals surface area contributed by atoms with Gasteiger partial charge in [0.15, 0.2) is 11.5 Å². The third-order valence-corrected chi connectivity index (χ3v) is 2.32. The number of hydrogen-bond donors (Lipinski definition) is 0. The van der Waals surface area contributed by atoms with E-state index in [0.717, 1.165) is 0 Å². The highest BCUT2D eigenvalue weighted by atomic mass is 16.7.